The van der Waals surface area contributed by atoms with Crippen LogP contribution in [-0.4, -0.2) is 22.0 Å². The summed E-state index contributed by atoms with van der Waals surface area (Å²) in [6.45, 7) is 0. The lowest BCUT2D eigenvalue weighted by molar-refractivity contribution is -0.116. The van der Waals surface area contributed by atoms with Gasteiger partial charge in [-0.15, -0.1) is 0 Å². The van der Waals surface area contributed by atoms with Crippen LogP contribution in [0.3, 0.4) is 0 Å². The Morgan fingerprint density at radius 3 is 2.92 bits per heavy atom. The molecule has 13 heavy (non-hydrogen) atoms. The van der Waals surface area contributed by atoms with Gasteiger partial charge in [-0.3, -0.25) is 4.79 Å². The van der Waals surface area contributed by atoms with Gasteiger partial charge in [0, 0.05) is 6.04 Å². The fourth-order valence-electron chi connectivity index (χ4n) is 1.97. The van der Waals surface area contributed by atoms with Crippen molar-refractivity contribution in [2.45, 2.75) is 50.2 Å². The Hall–Kier alpha value is -0.120. The van der Waals surface area contributed by atoms with Gasteiger partial charge >= 0.3 is 0 Å². The van der Waals surface area contributed by atoms with Crippen molar-refractivity contribution >= 4 is 16.8 Å². The summed E-state index contributed by atoms with van der Waals surface area (Å²) >= 11 is 5.26. The molecule has 0 amide bonds. The molecule has 0 unspecified atom stereocenters. The SMILES string of the molecule is N[C@@H]1CCCC[C@@](O)(CC(=O)Cl)C1. The first-order chi connectivity index (χ1) is 6.02. The Bertz CT molecular complexity index is 198. The summed E-state index contributed by atoms with van der Waals surface area (Å²) < 4.78 is 0. The summed E-state index contributed by atoms with van der Waals surface area (Å²) in [5.74, 6) is 0. The van der Waals surface area contributed by atoms with Crippen LogP contribution < -0.4 is 5.73 Å². The molecule has 0 radical (unpaired) electrons. The summed E-state index contributed by atoms with van der Waals surface area (Å²) in [7, 11) is 0. The van der Waals surface area contributed by atoms with Gasteiger partial charge in [0.2, 0.25) is 5.24 Å². The number of carbonyl (C=O) groups excluding carboxylic acids is 1. The second kappa shape index (κ2) is 4.40. The van der Waals surface area contributed by atoms with Crippen molar-refractivity contribution in [2.24, 2.45) is 5.73 Å². The van der Waals surface area contributed by atoms with Gasteiger partial charge in [0.25, 0.3) is 0 Å². The summed E-state index contributed by atoms with van der Waals surface area (Å²) in [4.78, 5) is 10.7. The number of aliphatic hydroxyl groups is 1. The highest BCUT2D eigenvalue weighted by Gasteiger charge is 2.32. The Balaban J connectivity index is 2.57. The fraction of sp³-hybridized carbons (Fsp3) is 0.889. The topological polar surface area (TPSA) is 63.3 Å². The minimum atomic E-state index is -0.950. The van der Waals surface area contributed by atoms with E-state index in [4.69, 9.17) is 17.3 Å². The van der Waals surface area contributed by atoms with Crippen LogP contribution in [-0.2, 0) is 4.79 Å². The lowest BCUT2D eigenvalue weighted by atomic mass is 9.90. The molecule has 2 atom stereocenters. The van der Waals surface area contributed by atoms with E-state index in [9.17, 15) is 9.90 Å². The summed E-state index contributed by atoms with van der Waals surface area (Å²) in [6.07, 6.45) is 4.04. The molecule has 0 heterocycles. The minimum absolute atomic E-state index is 0.00326. The van der Waals surface area contributed by atoms with Crippen LogP contribution in [0.25, 0.3) is 0 Å². The smallest absolute Gasteiger partial charge is 0.224 e. The predicted molar refractivity (Wildman–Crippen MR) is 51.5 cm³/mol. The maximum atomic E-state index is 10.7. The summed E-state index contributed by atoms with van der Waals surface area (Å²) in [5, 5.41) is 9.53. The number of halogens is 1. The normalized spacial score (nSPS) is 35.5. The van der Waals surface area contributed by atoms with Gasteiger partial charge in [0.15, 0.2) is 0 Å². The Morgan fingerprint density at radius 1 is 1.62 bits per heavy atom. The Labute approximate surface area is 83.3 Å². The molecule has 1 aliphatic carbocycles. The van der Waals surface area contributed by atoms with E-state index in [1.54, 1.807) is 0 Å². The molecule has 76 valence electrons. The standard InChI is InChI=1S/C9H16ClNO2/c10-8(12)6-9(13)4-2-1-3-7(11)5-9/h7,13H,1-6,11H2/t7-,9+/m1/s1. The molecule has 0 aromatic carbocycles. The largest absolute Gasteiger partial charge is 0.389 e. The van der Waals surface area contributed by atoms with E-state index >= 15 is 0 Å². The molecule has 0 aromatic rings. The number of hydrogen-bond acceptors (Lipinski definition) is 3. The number of nitrogens with two attached hydrogens (primary N) is 1. The van der Waals surface area contributed by atoms with E-state index in [-0.39, 0.29) is 12.5 Å². The highest BCUT2D eigenvalue weighted by atomic mass is 35.5. The third-order valence-electron chi connectivity index (χ3n) is 2.58. The molecule has 3 nitrogen and oxygen atoms in total. The van der Waals surface area contributed by atoms with Crippen molar-refractivity contribution in [3.63, 3.8) is 0 Å². The van der Waals surface area contributed by atoms with Crippen molar-refractivity contribution in [1.29, 1.82) is 0 Å². The zero-order valence-electron chi connectivity index (χ0n) is 7.63. The molecule has 1 saturated carbocycles. The van der Waals surface area contributed by atoms with Crippen LogP contribution in [0.2, 0.25) is 0 Å². The highest BCUT2D eigenvalue weighted by Crippen LogP contribution is 2.29. The van der Waals surface area contributed by atoms with Crippen LogP contribution in [0.1, 0.15) is 38.5 Å². The molecule has 3 N–H and O–H groups in total. The molecule has 4 heteroatoms. The highest BCUT2D eigenvalue weighted by molar-refractivity contribution is 6.63. The lowest BCUT2D eigenvalue weighted by Gasteiger charge is -2.26. The van der Waals surface area contributed by atoms with Gasteiger partial charge in [0.05, 0.1) is 12.0 Å². The molecule has 0 aliphatic heterocycles. The van der Waals surface area contributed by atoms with Crippen LogP contribution in [0.5, 0.6) is 0 Å². The number of carbonyl (C=O) groups is 1. The van der Waals surface area contributed by atoms with Crippen molar-refractivity contribution in [2.75, 3.05) is 0 Å². The van der Waals surface area contributed by atoms with Crippen LogP contribution >= 0.6 is 11.6 Å². The van der Waals surface area contributed by atoms with Gasteiger partial charge < -0.3 is 10.8 Å². The van der Waals surface area contributed by atoms with E-state index in [2.05, 4.69) is 0 Å². The third kappa shape index (κ3) is 3.63. The Morgan fingerprint density at radius 2 is 2.31 bits per heavy atom. The van der Waals surface area contributed by atoms with E-state index < -0.39 is 10.8 Å². The molecule has 1 fully saturated rings. The monoisotopic (exact) mass is 205 g/mol. The molecule has 0 aromatic heterocycles. The number of rotatable bonds is 2. The van der Waals surface area contributed by atoms with E-state index in [0.29, 0.717) is 12.8 Å². The van der Waals surface area contributed by atoms with Crippen molar-refractivity contribution < 1.29 is 9.90 Å². The maximum absolute atomic E-state index is 10.7. The number of hydrogen-bond donors (Lipinski definition) is 2. The Kier molecular flexibility index (Phi) is 3.71. The van der Waals surface area contributed by atoms with E-state index in [0.717, 1.165) is 19.3 Å². The summed E-state index contributed by atoms with van der Waals surface area (Å²) in [6, 6.07) is 0.00326. The van der Waals surface area contributed by atoms with Gasteiger partial charge in [-0.05, 0) is 30.9 Å². The molecule has 1 aliphatic rings. The van der Waals surface area contributed by atoms with Crippen molar-refractivity contribution in [1.82, 2.24) is 0 Å². The molecule has 0 spiro atoms. The van der Waals surface area contributed by atoms with Gasteiger partial charge in [-0.2, -0.15) is 0 Å². The molecular weight excluding hydrogens is 190 g/mol. The quantitative estimate of drug-likeness (QED) is 0.526. The second-order valence-electron chi connectivity index (χ2n) is 3.97. The average molecular weight is 206 g/mol. The molecule has 1 rings (SSSR count). The van der Waals surface area contributed by atoms with E-state index in [1.165, 1.54) is 0 Å². The zero-order chi connectivity index (χ0) is 9.90. The van der Waals surface area contributed by atoms with Crippen LogP contribution in [0.4, 0.5) is 0 Å². The zero-order valence-corrected chi connectivity index (χ0v) is 8.39. The summed E-state index contributed by atoms with van der Waals surface area (Å²) in [5.41, 5.74) is 4.82. The minimum Gasteiger partial charge on any atom is -0.389 e. The first kappa shape index (κ1) is 11.0. The van der Waals surface area contributed by atoms with E-state index in [1.807, 2.05) is 0 Å². The van der Waals surface area contributed by atoms with Crippen molar-refractivity contribution in [3.8, 4) is 0 Å². The lowest BCUT2D eigenvalue weighted by Crippen LogP contribution is -2.36. The third-order valence-corrected chi connectivity index (χ3v) is 2.71. The van der Waals surface area contributed by atoms with Gasteiger partial charge in [0.1, 0.15) is 0 Å². The predicted octanol–water partition coefficient (Wildman–Crippen LogP) is 1.16. The van der Waals surface area contributed by atoms with Crippen LogP contribution in [0, 0.1) is 0 Å². The average Bonchev–Trinajstić information content (AvgIpc) is 2.09. The first-order valence-electron chi connectivity index (χ1n) is 4.68. The molecular formula is C9H16ClNO2. The maximum Gasteiger partial charge on any atom is 0.224 e. The second-order valence-corrected chi connectivity index (χ2v) is 4.39. The fourth-order valence-corrected chi connectivity index (χ4v) is 2.22. The first-order valence-corrected chi connectivity index (χ1v) is 5.06. The van der Waals surface area contributed by atoms with Crippen molar-refractivity contribution in [3.05, 3.63) is 0 Å². The molecule has 0 bridgehead atoms. The van der Waals surface area contributed by atoms with Crippen LogP contribution in [0.15, 0.2) is 0 Å². The van der Waals surface area contributed by atoms with Gasteiger partial charge in [-0.25, -0.2) is 0 Å². The molecule has 0 saturated heterocycles. The van der Waals surface area contributed by atoms with Gasteiger partial charge in [-0.1, -0.05) is 12.8 Å².